The Hall–Kier alpha value is -1.72. The Labute approximate surface area is 133 Å². The van der Waals surface area contributed by atoms with Gasteiger partial charge in [0.1, 0.15) is 12.0 Å². The van der Waals surface area contributed by atoms with Gasteiger partial charge in [0.15, 0.2) is 11.6 Å². The molecule has 1 aliphatic heterocycles. The van der Waals surface area contributed by atoms with Gasteiger partial charge in [0.2, 0.25) is 0 Å². The van der Waals surface area contributed by atoms with E-state index in [0.29, 0.717) is 21.6 Å². The van der Waals surface area contributed by atoms with Gasteiger partial charge in [0, 0.05) is 18.8 Å². The summed E-state index contributed by atoms with van der Waals surface area (Å²) in [6.45, 7) is 1.96. The molecule has 0 aliphatic carbocycles. The van der Waals surface area contributed by atoms with Crippen molar-refractivity contribution in [1.82, 2.24) is 9.97 Å². The van der Waals surface area contributed by atoms with Crippen LogP contribution in [0.15, 0.2) is 24.5 Å². The van der Waals surface area contributed by atoms with Crippen LogP contribution in [0.2, 0.25) is 10.0 Å². The molecular weight excluding hydrogens is 309 g/mol. The number of hydrogen-bond acceptors (Lipinski definition) is 5. The molecule has 3 rings (SSSR count). The Bertz CT molecular complexity index is 656. The number of halogens is 2. The van der Waals surface area contributed by atoms with Crippen molar-refractivity contribution in [3.63, 3.8) is 0 Å². The van der Waals surface area contributed by atoms with Crippen molar-refractivity contribution in [2.24, 2.45) is 0 Å². The van der Waals surface area contributed by atoms with Crippen molar-refractivity contribution in [2.75, 3.05) is 29.0 Å². The lowest BCUT2D eigenvalue weighted by atomic mass is 10.3. The third-order valence-corrected chi connectivity index (χ3v) is 4.19. The molecule has 1 saturated heterocycles. The summed E-state index contributed by atoms with van der Waals surface area (Å²) in [6, 6.07) is 5.29. The molecule has 0 unspecified atom stereocenters. The van der Waals surface area contributed by atoms with Crippen molar-refractivity contribution >= 4 is 46.2 Å². The number of nitrogens with two attached hydrogens (primary N) is 1. The minimum absolute atomic E-state index is 0.481. The molecule has 21 heavy (non-hydrogen) atoms. The summed E-state index contributed by atoms with van der Waals surface area (Å²) >= 11 is 11.9. The number of benzene rings is 1. The summed E-state index contributed by atoms with van der Waals surface area (Å²) in [5.41, 5.74) is 7.52. The second-order valence-electron chi connectivity index (χ2n) is 4.91. The highest BCUT2D eigenvalue weighted by atomic mass is 35.5. The number of nitrogens with one attached hydrogen (secondary N) is 1. The van der Waals surface area contributed by atoms with Crippen LogP contribution in [-0.4, -0.2) is 23.1 Å². The average Bonchev–Trinajstić information content (AvgIpc) is 2.99. The van der Waals surface area contributed by atoms with Crippen molar-refractivity contribution in [3.05, 3.63) is 34.6 Å². The molecule has 7 heteroatoms. The molecule has 1 aliphatic rings. The summed E-state index contributed by atoms with van der Waals surface area (Å²) in [5, 5.41) is 4.15. The van der Waals surface area contributed by atoms with Gasteiger partial charge in [-0.25, -0.2) is 9.97 Å². The lowest BCUT2D eigenvalue weighted by Crippen LogP contribution is -2.21. The van der Waals surface area contributed by atoms with E-state index in [1.54, 1.807) is 12.1 Å². The molecular formula is C14H15Cl2N5. The highest BCUT2D eigenvalue weighted by Gasteiger charge is 2.18. The van der Waals surface area contributed by atoms with Crippen molar-refractivity contribution in [2.45, 2.75) is 12.8 Å². The zero-order valence-corrected chi connectivity index (χ0v) is 12.8. The first-order valence-electron chi connectivity index (χ1n) is 6.72. The minimum Gasteiger partial charge on any atom is -0.393 e. The van der Waals surface area contributed by atoms with E-state index in [-0.39, 0.29) is 0 Å². The van der Waals surface area contributed by atoms with E-state index >= 15 is 0 Å². The molecule has 0 amide bonds. The average molecular weight is 324 g/mol. The summed E-state index contributed by atoms with van der Waals surface area (Å²) in [4.78, 5) is 10.7. The van der Waals surface area contributed by atoms with Gasteiger partial charge in [-0.2, -0.15) is 0 Å². The highest BCUT2D eigenvalue weighted by molar-refractivity contribution is 6.42. The topological polar surface area (TPSA) is 67.1 Å². The van der Waals surface area contributed by atoms with Gasteiger partial charge in [-0.3, -0.25) is 0 Å². The van der Waals surface area contributed by atoms with Gasteiger partial charge < -0.3 is 16.0 Å². The van der Waals surface area contributed by atoms with E-state index in [1.807, 2.05) is 6.07 Å². The van der Waals surface area contributed by atoms with E-state index in [0.717, 1.165) is 24.6 Å². The maximum absolute atomic E-state index is 6.19. The fourth-order valence-electron chi connectivity index (χ4n) is 2.38. The molecule has 2 aromatic rings. The zero-order chi connectivity index (χ0) is 14.8. The Morgan fingerprint density at radius 2 is 1.86 bits per heavy atom. The van der Waals surface area contributed by atoms with Gasteiger partial charge in [-0.1, -0.05) is 23.2 Å². The van der Waals surface area contributed by atoms with Crippen LogP contribution >= 0.6 is 23.2 Å². The van der Waals surface area contributed by atoms with Gasteiger partial charge in [0.05, 0.1) is 10.0 Å². The Kier molecular flexibility index (Phi) is 4.03. The van der Waals surface area contributed by atoms with E-state index in [1.165, 1.54) is 19.2 Å². The first-order valence-corrected chi connectivity index (χ1v) is 7.48. The molecule has 0 bridgehead atoms. The number of nitrogens with zero attached hydrogens (tertiary/aromatic N) is 3. The van der Waals surface area contributed by atoms with Crippen LogP contribution in [0.1, 0.15) is 12.8 Å². The molecule has 3 N–H and O–H groups in total. The van der Waals surface area contributed by atoms with E-state index < -0.39 is 0 Å². The summed E-state index contributed by atoms with van der Waals surface area (Å²) < 4.78 is 0. The van der Waals surface area contributed by atoms with E-state index in [9.17, 15) is 0 Å². The standard InChI is InChI=1S/C14H15Cl2N5/c15-10-4-3-9(7-11(10)16)20-13-12(17)14(19-8-18-13)21-5-1-2-6-21/h3-4,7-8H,1-2,5-6,17H2,(H,18,19,20). The second kappa shape index (κ2) is 5.95. The highest BCUT2D eigenvalue weighted by Crippen LogP contribution is 2.32. The first-order chi connectivity index (χ1) is 10.1. The SMILES string of the molecule is Nc1c(Nc2ccc(Cl)c(Cl)c2)ncnc1N1CCCC1. The zero-order valence-electron chi connectivity index (χ0n) is 11.3. The molecule has 1 aromatic heterocycles. The number of hydrogen-bond donors (Lipinski definition) is 2. The number of rotatable bonds is 3. The van der Waals surface area contributed by atoms with Crippen LogP contribution in [0.5, 0.6) is 0 Å². The maximum atomic E-state index is 6.19. The lowest BCUT2D eigenvalue weighted by molar-refractivity contribution is 0.931. The molecule has 1 aromatic carbocycles. The number of aromatic nitrogens is 2. The van der Waals surface area contributed by atoms with Crippen LogP contribution < -0.4 is 16.0 Å². The largest absolute Gasteiger partial charge is 0.393 e. The van der Waals surface area contributed by atoms with Crippen LogP contribution in [-0.2, 0) is 0 Å². The van der Waals surface area contributed by atoms with Gasteiger partial charge in [-0.05, 0) is 31.0 Å². The summed E-state index contributed by atoms with van der Waals surface area (Å²) in [5.74, 6) is 1.36. The van der Waals surface area contributed by atoms with Crippen LogP contribution in [0.25, 0.3) is 0 Å². The molecule has 1 fully saturated rings. The van der Waals surface area contributed by atoms with E-state index in [4.69, 9.17) is 28.9 Å². The van der Waals surface area contributed by atoms with Crippen molar-refractivity contribution < 1.29 is 0 Å². The predicted molar refractivity (Wildman–Crippen MR) is 87.6 cm³/mol. The second-order valence-corrected chi connectivity index (χ2v) is 5.72. The number of nitrogen functional groups attached to an aromatic ring is 1. The van der Waals surface area contributed by atoms with Crippen LogP contribution in [0.3, 0.4) is 0 Å². The van der Waals surface area contributed by atoms with Crippen LogP contribution in [0, 0.1) is 0 Å². The summed E-state index contributed by atoms with van der Waals surface area (Å²) in [7, 11) is 0. The Morgan fingerprint density at radius 1 is 1.10 bits per heavy atom. The van der Waals surface area contributed by atoms with Crippen molar-refractivity contribution in [1.29, 1.82) is 0 Å². The fraction of sp³-hybridized carbons (Fsp3) is 0.286. The maximum Gasteiger partial charge on any atom is 0.159 e. The molecule has 110 valence electrons. The molecule has 0 atom stereocenters. The van der Waals surface area contributed by atoms with Gasteiger partial charge in [0.25, 0.3) is 0 Å². The van der Waals surface area contributed by atoms with E-state index in [2.05, 4.69) is 20.2 Å². The first kappa shape index (κ1) is 14.2. The third-order valence-electron chi connectivity index (χ3n) is 3.45. The molecule has 0 spiro atoms. The predicted octanol–water partition coefficient (Wildman–Crippen LogP) is 3.71. The molecule has 5 nitrogen and oxygen atoms in total. The normalized spacial score (nSPS) is 14.5. The minimum atomic E-state index is 0.481. The molecule has 0 radical (unpaired) electrons. The Balaban J connectivity index is 1.88. The van der Waals surface area contributed by atoms with Crippen LogP contribution in [0.4, 0.5) is 23.0 Å². The fourth-order valence-corrected chi connectivity index (χ4v) is 2.68. The summed E-state index contributed by atoms with van der Waals surface area (Å²) in [6.07, 6.45) is 3.85. The number of anilines is 4. The molecule has 2 heterocycles. The van der Waals surface area contributed by atoms with Crippen molar-refractivity contribution in [3.8, 4) is 0 Å². The Morgan fingerprint density at radius 3 is 2.57 bits per heavy atom. The van der Waals surface area contributed by atoms with Gasteiger partial charge >= 0.3 is 0 Å². The quantitative estimate of drug-likeness (QED) is 0.901. The third kappa shape index (κ3) is 2.99. The monoisotopic (exact) mass is 323 g/mol. The van der Waals surface area contributed by atoms with Gasteiger partial charge in [-0.15, -0.1) is 0 Å². The smallest absolute Gasteiger partial charge is 0.159 e. The lowest BCUT2D eigenvalue weighted by Gasteiger charge is -2.19. The molecule has 0 saturated carbocycles.